The van der Waals surface area contributed by atoms with Gasteiger partial charge in [0.15, 0.2) is 0 Å². The third-order valence-electron chi connectivity index (χ3n) is 1.33. The largest absolute Gasteiger partial charge is 0.433 e. The molecule has 0 aliphatic rings. The van der Waals surface area contributed by atoms with E-state index in [0.29, 0.717) is 5.76 Å². The van der Waals surface area contributed by atoms with Crippen LogP contribution in [0.1, 0.15) is 5.76 Å². The Balaban J connectivity index is 2.75. The molecule has 0 amide bonds. The summed E-state index contributed by atoms with van der Waals surface area (Å²) in [4.78, 5) is 11.5. The fraction of sp³-hybridized carbons (Fsp3) is 0.250. The van der Waals surface area contributed by atoms with Crippen LogP contribution in [0.2, 0.25) is 0 Å². The number of rotatable bonds is 3. The van der Waals surface area contributed by atoms with E-state index in [-0.39, 0.29) is 5.88 Å². The Morgan fingerprint density at radius 3 is 2.69 bits per heavy atom. The standard InChI is InChI=1S/C8H10N2O3/c1-9(2)6-5-7-3-4-8(13-7)10(11)12/h3-6H,1-2H3/b6-5+. The molecule has 0 atom stereocenters. The highest BCUT2D eigenvalue weighted by molar-refractivity contribution is 5.43. The average Bonchev–Trinajstić information content (AvgIpc) is 2.48. The lowest BCUT2D eigenvalue weighted by Crippen LogP contribution is -1.99. The summed E-state index contributed by atoms with van der Waals surface area (Å²) in [5.41, 5.74) is 0. The summed E-state index contributed by atoms with van der Waals surface area (Å²) < 4.78 is 4.88. The van der Waals surface area contributed by atoms with Crippen LogP contribution in [-0.2, 0) is 0 Å². The lowest BCUT2D eigenvalue weighted by Gasteiger charge is -2.00. The molecule has 1 aromatic rings. The van der Waals surface area contributed by atoms with Gasteiger partial charge in [-0.3, -0.25) is 10.1 Å². The van der Waals surface area contributed by atoms with E-state index in [4.69, 9.17) is 4.42 Å². The second-order valence-electron chi connectivity index (χ2n) is 2.71. The molecule has 0 radical (unpaired) electrons. The van der Waals surface area contributed by atoms with Crippen LogP contribution in [0.5, 0.6) is 0 Å². The number of furan rings is 1. The molecule has 1 rings (SSSR count). The van der Waals surface area contributed by atoms with Crippen LogP contribution in [0.4, 0.5) is 5.88 Å². The highest BCUT2D eigenvalue weighted by Crippen LogP contribution is 2.16. The predicted molar refractivity (Wildman–Crippen MR) is 48.1 cm³/mol. The smallest absolute Gasteiger partial charge is 0.401 e. The van der Waals surface area contributed by atoms with Gasteiger partial charge in [0.1, 0.15) is 10.7 Å². The molecular formula is C8H10N2O3. The van der Waals surface area contributed by atoms with Gasteiger partial charge in [-0.1, -0.05) is 0 Å². The Morgan fingerprint density at radius 2 is 2.23 bits per heavy atom. The lowest BCUT2D eigenvalue weighted by molar-refractivity contribution is -0.402. The van der Waals surface area contributed by atoms with E-state index in [9.17, 15) is 10.1 Å². The van der Waals surface area contributed by atoms with Crippen molar-refractivity contribution in [1.29, 1.82) is 0 Å². The van der Waals surface area contributed by atoms with E-state index in [2.05, 4.69) is 0 Å². The summed E-state index contributed by atoms with van der Waals surface area (Å²) in [6, 6.07) is 2.88. The first-order chi connectivity index (χ1) is 6.09. The van der Waals surface area contributed by atoms with E-state index in [1.807, 2.05) is 19.0 Å². The number of nitrogens with zero attached hydrogens (tertiary/aromatic N) is 2. The fourth-order valence-corrected chi connectivity index (χ4v) is 0.752. The molecule has 0 unspecified atom stereocenters. The highest BCUT2D eigenvalue weighted by Gasteiger charge is 2.09. The molecule has 0 spiro atoms. The van der Waals surface area contributed by atoms with Crippen molar-refractivity contribution in [2.45, 2.75) is 0 Å². The molecule has 0 saturated heterocycles. The van der Waals surface area contributed by atoms with Crippen molar-refractivity contribution in [3.05, 3.63) is 34.2 Å². The summed E-state index contributed by atoms with van der Waals surface area (Å²) in [5.74, 6) is 0.235. The molecule has 5 nitrogen and oxygen atoms in total. The molecule has 0 aliphatic heterocycles. The van der Waals surface area contributed by atoms with E-state index in [1.165, 1.54) is 6.07 Å². The first-order valence-corrected chi connectivity index (χ1v) is 3.68. The van der Waals surface area contributed by atoms with Gasteiger partial charge in [-0.25, -0.2) is 0 Å². The summed E-state index contributed by atoms with van der Waals surface area (Å²) in [5, 5.41) is 10.2. The maximum Gasteiger partial charge on any atom is 0.433 e. The SMILES string of the molecule is CN(C)/C=C/c1ccc([N+](=O)[O-])o1. The molecule has 0 bridgehead atoms. The molecule has 0 aliphatic carbocycles. The van der Waals surface area contributed by atoms with Crippen LogP contribution in [-0.4, -0.2) is 23.9 Å². The van der Waals surface area contributed by atoms with Gasteiger partial charge in [-0.15, -0.1) is 0 Å². The number of hydrogen-bond donors (Lipinski definition) is 0. The quantitative estimate of drug-likeness (QED) is 0.527. The number of hydrogen-bond acceptors (Lipinski definition) is 4. The van der Waals surface area contributed by atoms with Gasteiger partial charge in [-0.2, -0.15) is 0 Å². The van der Waals surface area contributed by atoms with Crippen LogP contribution >= 0.6 is 0 Å². The monoisotopic (exact) mass is 182 g/mol. The van der Waals surface area contributed by atoms with Gasteiger partial charge in [0, 0.05) is 20.3 Å². The molecule has 1 heterocycles. The van der Waals surface area contributed by atoms with Gasteiger partial charge in [0.25, 0.3) is 0 Å². The van der Waals surface area contributed by atoms with Crippen LogP contribution in [0.15, 0.2) is 22.7 Å². The van der Waals surface area contributed by atoms with Crippen molar-refractivity contribution in [2.24, 2.45) is 0 Å². The molecular weight excluding hydrogens is 172 g/mol. The molecule has 0 aromatic carbocycles. The maximum absolute atomic E-state index is 10.2. The predicted octanol–water partition coefficient (Wildman–Crippen LogP) is 1.72. The Labute approximate surface area is 75.4 Å². The Hall–Kier alpha value is -1.78. The van der Waals surface area contributed by atoms with Crippen LogP contribution in [0.25, 0.3) is 6.08 Å². The molecule has 13 heavy (non-hydrogen) atoms. The van der Waals surface area contributed by atoms with Crippen molar-refractivity contribution < 1.29 is 9.34 Å². The van der Waals surface area contributed by atoms with Gasteiger partial charge < -0.3 is 9.32 Å². The van der Waals surface area contributed by atoms with Crippen molar-refractivity contribution in [2.75, 3.05) is 14.1 Å². The van der Waals surface area contributed by atoms with E-state index >= 15 is 0 Å². The summed E-state index contributed by atoms with van der Waals surface area (Å²) in [6.07, 6.45) is 3.41. The zero-order chi connectivity index (χ0) is 9.84. The summed E-state index contributed by atoms with van der Waals surface area (Å²) in [6.45, 7) is 0. The Kier molecular flexibility index (Phi) is 2.69. The minimum atomic E-state index is -0.562. The van der Waals surface area contributed by atoms with Gasteiger partial charge in [-0.05, 0) is 12.1 Å². The van der Waals surface area contributed by atoms with Gasteiger partial charge >= 0.3 is 5.88 Å². The fourth-order valence-electron chi connectivity index (χ4n) is 0.752. The van der Waals surface area contributed by atoms with Crippen molar-refractivity contribution in [1.82, 2.24) is 4.90 Å². The summed E-state index contributed by atoms with van der Waals surface area (Å²) >= 11 is 0. The van der Waals surface area contributed by atoms with Crippen LogP contribution in [0.3, 0.4) is 0 Å². The zero-order valence-electron chi connectivity index (χ0n) is 7.43. The molecule has 5 heteroatoms. The van der Waals surface area contributed by atoms with Crippen molar-refractivity contribution in [3.63, 3.8) is 0 Å². The van der Waals surface area contributed by atoms with Crippen LogP contribution in [0, 0.1) is 10.1 Å². The van der Waals surface area contributed by atoms with Crippen LogP contribution < -0.4 is 0 Å². The summed E-state index contributed by atoms with van der Waals surface area (Å²) in [7, 11) is 3.71. The van der Waals surface area contributed by atoms with E-state index in [0.717, 1.165) is 0 Å². The molecule has 0 fully saturated rings. The van der Waals surface area contributed by atoms with Gasteiger partial charge in [0.2, 0.25) is 0 Å². The normalized spacial score (nSPS) is 10.6. The Morgan fingerprint density at radius 1 is 1.54 bits per heavy atom. The minimum absolute atomic E-state index is 0.238. The minimum Gasteiger partial charge on any atom is -0.401 e. The second kappa shape index (κ2) is 3.75. The lowest BCUT2D eigenvalue weighted by atomic mass is 10.4. The maximum atomic E-state index is 10.2. The second-order valence-corrected chi connectivity index (χ2v) is 2.71. The first kappa shape index (κ1) is 9.31. The highest BCUT2D eigenvalue weighted by atomic mass is 16.6. The van der Waals surface area contributed by atoms with Crippen molar-refractivity contribution >= 4 is 12.0 Å². The molecule has 70 valence electrons. The third-order valence-corrected chi connectivity index (χ3v) is 1.33. The van der Waals surface area contributed by atoms with Gasteiger partial charge in [0.05, 0.1) is 6.07 Å². The number of nitro groups is 1. The average molecular weight is 182 g/mol. The molecule has 0 N–H and O–H groups in total. The van der Waals surface area contributed by atoms with E-state index in [1.54, 1.807) is 18.3 Å². The van der Waals surface area contributed by atoms with Crippen molar-refractivity contribution in [3.8, 4) is 0 Å². The first-order valence-electron chi connectivity index (χ1n) is 3.68. The molecule has 0 saturated carbocycles. The third kappa shape index (κ3) is 2.62. The van der Waals surface area contributed by atoms with E-state index < -0.39 is 4.92 Å². The zero-order valence-corrected chi connectivity index (χ0v) is 7.43. The molecule has 1 aromatic heterocycles. The topological polar surface area (TPSA) is 59.5 Å². The Bertz CT molecular complexity index is 328.